The summed E-state index contributed by atoms with van der Waals surface area (Å²) in [6, 6.07) is 3.26. The molecule has 0 saturated carbocycles. The lowest BCUT2D eigenvalue weighted by atomic mass is 10.2. The molecular formula is C10H11ClNO5S-. The van der Waals surface area contributed by atoms with Crippen LogP contribution >= 0.6 is 11.6 Å². The predicted octanol–water partition coefficient (Wildman–Crippen LogP) is -0.684. The van der Waals surface area contributed by atoms with E-state index in [1.807, 2.05) is 0 Å². The Labute approximate surface area is 109 Å². The number of carboxylic acid groups (broad SMARTS) is 1. The van der Waals surface area contributed by atoms with Crippen molar-refractivity contribution in [1.29, 1.82) is 0 Å². The molecule has 18 heavy (non-hydrogen) atoms. The van der Waals surface area contributed by atoms with Gasteiger partial charge in [-0.1, -0.05) is 17.7 Å². The van der Waals surface area contributed by atoms with Crippen molar-refractivity contribution < 1.29 is 23.4 Å². The van der Waals surface area contributed by atoms with Gasteiger partial charge in [-0.25, -0.2) is 8.42 Å². The lowest BCUT2D eigenvalue weighted by molar-refractivity contribution is -0.255. The summed E-state index contributed by atoms with van der Waals surface area (Å²) in [5.41, 5.74) is -0.282. The minimum absolute atomic E-state index is 0.0928. The Morgan fingerprint density at radius 3 is 2.61 bits per heavy atom. The Hall–Kier alpha value is -1.15. The topological polar surface area (TPSA) is 97.7 Å². The number of halogens is 1. The zero-order valence-electron chi connectivity index (χ0n) is 9.46. The molecule has 100 valence electrons. The predicted molar refractivity (Wildman–Crippen MR) is 62.7 cm³/mol. The second-order valence-electron chi connectivity index (χ2n) is 3.48. The maximum absolute atomic E-state index is 12.0. The highest BCUT2D eigenvalue weighted by Gasteiger charge is 2.23. The van der Waals surface area contributed by atoms with Crippen molar-refractivity contribution in [2.75, 3.05) is 20.2 Å². The molecule has 0 unspecified atom stereocenters. The first-order valence-corrected chi connectivity index (χ1v) is 6.70. The van der Waals surface area contributed by atoms with Crippen LogP contribution in [0.15, 0.2) is 23.1 Å². The average molecular weight is 293 g/mol. The molecule has 0 fully saturated rings. The molecule has 0 aliphatic rings. The van der Waals surface area contributed by atoms with E-state index in [0.29, 0.717) is 0 Å². The molecule has 6 nitrogen and oxygen atoms in total. The zero-order valence-corrected chi connectivity index (χ0v) is 11.0. The lowest BCUT2D eigenvalue weighted by Gasteiger charge is -2.17. The van der Waals surface area contributed by atoms with E-state index < -0.39 is 16.0 Å². The van der Waals surface area contributed by atoms with Crippen LogP contribution in [0.5, 0.6) is 0 Å². The van der Waals surface area contributed by atoms with E-state index >= 15 is 0 Å². The monoisotopic (exact) mass is 292 g/mol. The van der Waals surface area contributed by atoms with E-state index in [1.54, 1.807) is 0 Å². The number of carbonyl (C=O) groups is 1. The molecule has 0 atom stereocenters. The van der Waals surface area contributed by atoms with E-state index in [0.717, 1.165) is 16.4 Å². The largest absolute Gasteiger partial charge is 0.545 e. The molecule has 1 aromatic rings. The summed E-state index contributed by atoms with van der Waals surface area (Å²) < 4.78 is 25.0. The van der Waals surface area contributed by atoms with Crippen LogP contribution in [0, 0.1) is 0 Å². The summed E-state index contributed by atoms with van der Waals surface area (Å²) in [6.07, 6.45) is 0. The third-order valence-corrected chi connectivity index (χ3v) is 4.61. The molecule has 0 radical (unpaired) electrons. The van der Waals surface area contributed by atoms with Gasteiger partial charge in [0.1, 0.15) is 4.90 Å². The van der Waals surface area contributed by atoms with E-state index in [9.17, 15) is 18.3 Å². The van der Waals surface area contributed by atoms with Gasteiger partial charge in [-0.2, -0.15) is 4.31 Å². The summed E-state index contributed by atoms with van der Waals surface area (Å²) in [7, 11) is -2.68. The van der Waals surface area contributed by atoms with Gasteiger partial charge in [0.25, 0.3) is 0 Å². The fourth-order valence-corrected chi connectivity index (χ4v) is 2.92. The third kappa shape index (κ3) is 2.99. The fourth-order valence-electron chi connectivity index (χ4n) is 1.26. The van der Waals surface area contributed by atoms with Gasteiger partial charge in [-0.05, 0) is 17.7 Å². The highest BCUT2D eigenvalue weighted by molar-refractivity contribution is 7.89. The molecule has 0 heterocycles. The van der Waals surface area contributed by atoms with Crippen LogP contribution in [0.4, 0.5) is 0 Å². The van der Waals surface area contributed by atoms with Gasteiger partial charge in [0.05, 0.1) is 17.6 Å². The minimum atomic E-state index is -3.94. The maximum atomic E-state index is 12.0. The lowest BCUT2D eigenvalue weighted by Crippen LogP contribution is -2.30. The normalized spacial score (nSPS) is 11.8. The van der Waals surface area contributed by atoms with Crippen molar-refractivity contribution >= 4 is 27.6 Å². The molecular weight excluding hydrogens is 282 g/mol. The number of carboxylic acids is 1. The zero-order chi connectivity index (χ0) is 13.9. The van der Waals surface area contributed by atoms with Crippen LogP contribution in [-0.4, -0.2) is 44.0 Å². The number of aliphatic hydroxyl groups is 1. The number of hydrogen-bond acceptors (Lipinski definition) is 5. The van der Waals surface area contributed by atoms with E-state index in [4.69, 9.17) is 16.7 Å². The molecule has 0 aliphatic carbocycles. The molecule has 0 amide bonds. The molecule has 1 aromatic carbocycles. The third-order valence-electron chi connectivity index (χ3n) is 2.27. The smallest absolute Gasteiger partial charge is 0.244 e. The summed E-state index contributed by atoms with van der Waals surface area (Å²) in [5.74, 6) is -1.49. The quantitative estimate of drug-likeness (QED) is 0.775. The van der Waals surface area contributed by atoms with E-state index in [2.05, 4.69) is 0 Å². The molecule has 0 aliphatic heterocycles. The Morgan fingerprint density at radius 1 is 1.50 bits per heavy atom. The Kier molecular flexibility index (Phi) is 4.69. The van der Waals surface area contributed by atoms with Crippen LogP contribution in [-0.2, 0) is 10.0 Å². The Morgan fingerprint density at radius 2 is 2.11 bits per heavy atom. The molecule has 1 N–H and O–H groups in total. The number of nitrogens with zero attached hydrogens (tertiary/aromatic N) is 1. The summed E-state index contributed by atoms with van der Waals surface area (Å²) >= 11 is 5.75. The number of carbonyl (C=O) groups excluding carboxylic acids is 1. The molecule has 0 bridgehead atoms. The average Bonchev–Trinajstić information content (AvgIpc) is 2.29. The number of hydrogen-bond donors (Lipinski definition) is 1. The first kappa shape index (κ1) is 14.9. The van der Waals surface area contributed by atoms with Gasteiger partial charge in [-0.15, -0.1) is 0 Å². The van der Waals surface area contributed by atoms with Gasteiger partial charge >= 0.3 is 0 Å². The second kappa shape index (κ2) is 5.66. The number of rotatable bonds is 5. The molecule has 8 heteroatoms. The van der Waals surface area contributed by atoms with Crippen LogP contribution in [0.2, 0.25) is 5.02 Å². The van der Waals surface area contributed by atoms with Crippen molar-refractivity contribution in [3.8, 4) is 0 Å². The minimum Gasteiger partial charge on any atom is -0.545 e. The number of sulfonamides is 1. The molecule has 1 rings (SSSR count). The van der Waals surface area contributed by atoms with Crippen molar-refractivity contribution in [1.82, 2.24) is 4.31 Å². The van der Waals surface area contributed by atoms with Crippen molar-refractivity contribution in [2.45, 2.75) is 4.90 Å². The maximum Gasteiger partial charge on any atom is 0.244 e. The standard InChI is InChI=1S/C10H12ClNO5S/c1-12(4-5-13)18(16,17)9-6-7(10(14)15)2-3-8(9)11/h2-3,6,13H,4-5H2,1H3,(H,14,15)/p-1. The van der Waals surface area contributed by atoms with Gasteiger partial charge < -0.3 is 15.0 Å². The van der Waals surface area contributed by atoms with Crippen LogP contribution in [0.3, 0.4) is 0 Å². The van der Waals surface area contributed by atoms with Gasteiger partial charge in [0, 0.05) is 13.6 Å². The fraction of sp³-hybridized carbons (Fsp3) is 0.300. The van der Waals surface area contributed by atoms with Gasteiger partial charge in [0.2, 0.25) is 10.0 Å². The highest BCUT2D eigenvalue weighted by atomic mass is 35.5. The van der Waals surface area contributed by atoms with Gasteiger partial charge in [-0.3, -0.25) is 0 Å². The summed E-state index contributed by atoms with van der Waals surface area (Å²) in [5, 5.41) is 19.3. The first-order valence-electron chi connectivity index (χ1n) is 4.88. The van der Waals surface area contributed by atoms with Crippen molar-refractivity contribution in [3.63, 3.8) is 0 Å². The van der Waals surface area contributed by atoms with Crippen LogP contribution < -0.4 is 5.11 Å². The Bertz CT molecular complexity index is 557. The first-order chi connectivity index (χ1) is 8.30. The molecule has 0 saturated heterocycles. The number of aliphatic hydroxyl groups excluding tert-OH is 1. The van der Waals surface area contributed by atoms with Crippen LogP contribution in [0.1, 0.15) is 10.4 Å². The Balaban J connectivity index is 3.31. The van der Waals surface area contributed by atoms with E-state index in [1.165, 1.54) is 13.1 Å². The molecule has 0 aromatic heterocycles. The summed E-state index contributed by atoms with van der Waals surface area (Å²) in [6.45, 7) is -0.470. The SMILES string of the molecule is CN(CCO)S(=O)(=O)c1cc(C(=O)[O-])ccc1Cl. The highest BCUT2D eigenvalue weighted by Crippen LogP contribution is 2.25. The number of benzene rings is 1. The second-order valence-corrected chi connectivity index (χ2v) is 5.90. The number of likely N-dealkylation sites (N-methyl/N-ethyl adjacent to an activating group) is 1. The summed E-state index contributed by atoms with van der Waals surface area (Å²) in [4.78, 5) is 10.4. The van der Waals surface area contributed by atoms with Crippen molar-refractivity contribution in [3.05, 3.63) is 28.8 Å². The molecule has 0 spiro atoms. The number of aromatic carboxylic acids is 1. The van der Waals surface area contributed by atoms with Gasteiger partial charge in [0.15, 0.2) is 0 Å². The van der Waals surface area contributed by atoms with Crippen LogP contribution in [0.25, 0.3) is 0 Å². The van der Waals surface area contributed by atoms with E-state index in [-0.39, 0.29) is 28.6 Å². The van der Waals surface area contributed by atoms with Crippen molar-refractivity contribution in [2.24, 2.45) is 0 Å².